The van der Waals surface area contributed by atoms with Crippen molar-refractivity contribution in [1.29, 1.82) is 0 Å². The fourth-order valence-corrected chi connectivity index (χ4v) is 2.88. The van der Waals surface area contributed by atoms with Crippen molar-refractivity contribution in [2.24, 2.45) is 5.92 Å². The fraction of sp³-hybridized carbons (Fsp3) is 0.857. The Hall–Kier alpha value is -0.940. The Morgan fingerprint density at radius 2 is 1.79 bits per heavy atom. The number of hydrogen-bond donors (Lipinski definition) is 0. The van der Waals surface area contributed by atoms with Crippen LogP contribution in [0.25, 0.3) is 0 Å². The van der Waals surface area contributed by atoms with Gasteiger partial charge in [0.05, 0.1) is 6.54 Å². The van der Waals surface area contributed by atoms with E-state index >= 15 is 0 Å². The molecule has 5 nitrogen and oxygen atoms in total. The van der Waals surface area contributed by atoms with Crippen LogP contribution in [0.15, 0.2) is 0 Å². The van der Waals surface area contributed by atoms with Gasteiger partial charge in [-0.05, 0) is 33.4 Å². The second kappa shape index (κ2) is 6.48. The van der Waals surface area contributed by atoms with Crippen LogP contribution in [0.3, 0.4) is 0 Å². The van der Waals surface area contributed by atoms with Gasteiger partial charge in [-0.2, -0.15) is 0 Å². The standard InChI is InChI=1S/C14H25N3O2/c1-12(18)13-4-3-5-16(10-13)11-14(19)17-8-6-15(2)7-9-17/h13H,3-11H2,1-2H3. The number of likely N-dealkylation sites (N-methyl/N-ethyl adjacent to an activating group) is 1. The van der Waals surface area contributed by atoms with Gasteiger partial charge in [-0.15, -0.1) is 0 Å². The maximum absolute atomic E-state index is 12.2. The third-order valence-electron chi connectivity index (χ3n) is 4.30. The first-order valence-electron chi connectivity index (χ1n) is 7.25. The number of Topliss-reactive ketones (excluding diaryl/α,β-unsaturated/α-hetero) is 1. The smallest absolute Gasteiger partial charge is 0.236 e. The second-order valence-corrected chi connectivity index (χ2v) is 5.87. The van der Waals surface area contributed by atoms with Crippen molar-refractivity contribution < 1.29 is 9.59 Å². The van der Waals surface area contributed by atoms with Gasteiger partial charge in [0.25, 0.3) is 0 Å². The van der Waals surface area contributed by atoms with E-state index in [0.717, 1.165) is 52.1 Å². The summed E-state index contributed by atoms with van der Waals surface area (Å²) < 4.78 is 0. The topological polar surface area (TPSA) is 43.9 Å². The van der Waals surface area contributed by atoms with Gasteiger partial charge < -0.3 is 9.80 Å². The highest BCUT2D eigenvalue weighted by atomic mass is 16.2. The number of amides is 1. The van der Waals surface area contributed by atoms with Crippen molar-refractivity contribution in [3.05, 3.63) is 0 Å². The highest BCUT2D eigenvalue weighted by Gasteiger charge is 2.26. The zero-order valence-electron chi connectivity index (χ0n) is 12.1. The molecule has 108 valence electrons. The predicted molar refractivity (Wildman–Crippen MR) is 73.9 cm³/mol. The van der Waals surface area contributed by atoms with Crippen LogP contribution in [0.2, 0.25) is 0 Å². The van der Waals surface area contributed by atoms with E-state index in [2.05, 4.69) is 16.8 Å². The van der Waals surface area contributed by atoms with Gasteiger partial charge in [0.15, 0.2) is 0 Å². The SMILES string of the molecule is CC(=O)C1CCCN(CC(=O)N2CCN(C)CC2)C1. The van der Waals surface area contributed by atoms with Crippen molar-refractivity contribution in [3.8, 4) is 0 Å². The Labute approximate surface area is 115 Å². The minimum Gasteiger partial charge on any atom is -0.339 e. The summed E-state index contributed by atoms with van der Waals surface area (Å²) in [7, 11) is 2.09. The van der Waals surface area contributed by atoms with Gasteiger partial charge in [-0.3, -0.25) is 14.5 Å². The van der Waals surface area contributed by atoms with Crippen molar-refractivity contribution in [1.82, 2.24) is 14.7 Å². The minimum absolute atomic E-state index is 0.133. The molecule has 0 spiro atoms. The number of carbonyl (C=O) groups excluding carboxylic acids is 2. The molecule has 0 aromatic rings. The van der Waals surface area contributed by atoms with E-state index in [-0.39, 0.29) is 17.6 Å². The predicted octanol–water partition coefficient (Wildman–Crippen LogP) is 0.0614. The van der Waals surface area contributed by atoms with Gasteiger partial charge in [0.2, 0.25) is 5.91 Å². The zero-order valence-corrected chi connectivity index (χ0v) is 12.1. The summed E-state index contributed by atoms with van der Waals surface area (Å²) in [6.45, 7) is 7.43. The van der Waals surface area contributed by atoms with Gasteiger partial charge in [-0.1, -0.05) is 0 Å². The van der Waals surface area contributed by atoms with Crippen LogP contribution in [0.1, 0.15) is 19.8 Å². The molecule has 1 amide bonds. The number of likely N-dealkylation sites (tertiary alicyclic amines) is 1. The molecular formula is C14H25N3O2. The normalized spacial score (nSPS) is 26.4. The van der Waals surface area contributed by atoms with Crippen LogP contribution >= 0.6 is 0 Å². The highest BCUT2D eigenvalue weighted by Crippen LogP contribution is 2.17. The van der Waals surface area contributed by atoms with E-state index < -0.39 is 0 Å². The minimum atomic E-state index is 0.133. The molecule has 0 bridgehead atoms. The highest BCUT2D eigenvalue weighted by molar-refractivity contribution is 5.80. The van der Waals surface area contributed by atoms with Crippen LogP contribution in [0.5, 0.6) is 0 Å². The third kappa shape index (κ3) is 4.01. The van der Waals surface area contributed by atoms with Crippen molar-refractivity contribution in [2.45, 2.75) is 19.8 Å². The first-order valence-corrected chi connectivity index (χ1v) is 7.25. The molecule has 2 saturated heterocycles. The summed E-state index contributed by atoms with van der Waals surface area (Å²) in [5, 5.41) is 0. The Morgan fingerprint density at radius 3 is 2.42 bits per heavy atom. The van der Waals surface area contributed by atoms with Crippen molar-refractivity contribution in [3.63, 3.8) is 0 Å². The summed E-state index contributed by atoms with van der Waals surface area (Å²) in [5.74, 6) is 0.614. The Morgan fingerprint density at radius 1 is 1.11 bits per heavy atom. The number of nitrogens with zero attached hydrogens (tertiary/aromatic N) is 3. The van der Waals surface area contributed by atoms with E-state index in [9.17, 15) is 9.59 Å². The van der Waals surface area contributed by atoms with Gasteiger partial charge >= 0.3 is 0 Å². The number of rotatable bonds is 3. The van der Waals surface area contributed by atoms with Gasteiger partial charge in [0.1, 0.15) is 5.78 Å². The lowest BCUT2D eigenvalue weighted by atomic mass is 9.94. The first kappa shape index (κ1) is 14.5. The third-order valence-corrected chi connectivity index (χ3v) is 4.30. The molecule has 1 unspecified atom stereocenters. The first-order chi connectivity index (χ1) is 9.06. The summed E-state index contributed by atoms with van der Waals surface area (Å²) in [4.78, 5) is 30.0. The molecule has 0 aliphatic carbocycles. The lowest BCUT2D eigenvalue weighted by Crippen LogP contribution is -2.51. The molecule has 0 saturated carbocycles. The van der Waals surface area contributed by atoms with E-state index in [1.165, 1.54) is 0 Å². The lowest BCUT2D eigenvalue weighted by Gasteiger charge is -2.36. The molecule has 5 heteroatoms. The molecular weight excluding hydrogens is 242 g/mol. The second-order valence-electron chi connectivity index (χ2n) is 5.87. The molecule has 0 aromatic heterocycles. The summed E-state index contributed by atoms with van der Waals surface area (Å²) in [5.41, 5.74) is 0. The zero-order chi connectivity index (χ0) is 13.8. The van der Waals surface area contributed by atoms with Crippen LogP contribution in [-0.4, -0.2) is 79.3 Å². The fourth-order valence-electron chi connectivity index (χ4n) is 2.88. The average molecular weight is 267 g/mol. The Bertz CT molecular complexity index is 338. The van der Waals surface area contributed by atoms with Crippen LogP contribution in [0, 0.1) is 5.92 Å². The number of ketones is 1. The maximum atomic E-state index is 12.2. The number of hydrogen-bond acceptors (Lipinski definition) is 4. The Kier molecular flexibility index (Phi) is 4.93. The summed E-state index contributed by atoms with van der Waals surface area (Å²) in [6, 6.07) is 0. The maximum Gasteiger partial charge on any atom is 0.236 e. The van der Waals surface area contributed by atoms with E-state index in [1.54, 1.807) is 6.92 Å². The molecule has 0 radical (unpaired) electrons. The lowest BCUT2D eigenvalue weighted by molar-refractivity contribution is -0.135. The van der Waals surface area contributed by atoms with E-state index in [1.807, 2.05) is 4.90 Å². The van der Waals surface area contributed by atoms with Crippen LogP contribution < -0.4 is 0 Å². The summed E-state index contributed by atoms with van der Waals surface area (Å²) >= 11 is 0. The Balaban J connectivity index is 1.80. The van der Waals surface area contributed by atoms with Crippen molar-refractivity contribution in [2.75, 3.05) is 52.9 Å². The summed E-state index contributed by atoms with van der Waals surface area (Å²) in [6.07, 6.45) is 2.01. The molecule has 19 heavy (non-hydrogen) atoms. The molecule has 0 N–H and O–H groups in total. The van der Waals surface area contributed by atoms with Crippen LogP contribution in [0.4, 0.5) is 0 Å². The average Bonchev–Trinajstić information content (AvgIpc) is 2.39. The molecule has 1 atom stereocenters. The quantitative estimate of drug-likeness (QED) is 0.725. The molecule has 2 aliphatic heterocycles. The van der Waals surface area contributed by atoms with Gasteiger partial charge in [-0.25, -0.2) is 0 Å². The monoisotopic (exact) mass is 267 g/mol. The molecule has 2 fully saturated rings. The van der Waals surface area contributed by atoms with Gasteiger partial charge in [0, 0.05) is 38.6 Å². The molecule has 2 rings (SSSR count). The van der Waals surface area contributed by atoms with Crippen LogP contribution in [-0.2, 0) is 9.59 Å². The largest absolute Gasteiger partial charge is 0.339 e. The molecule has 2 heterocycles. The van der Waals surface area contributed by atoms with E-state index in [4.69, 9.17) is 0 Å². The molecule has 0 aromatic carbocycles. The van der Waals surface area contributed by atoms with E-state index in [0.29, 0.717) is 6.54 Å². The molecule has 2 aliphatic rings. The van der Waals surface area contributed by atoms with Crippen molar-refractivity contribution >= 4 is 11.7 Å². The number of carbonyl (C=O) groups is 2. The number of piperidine rings is 1. The number of piperazine rings is 1.